The summed E-state index contributed by atoms with van der Waals surface area (Å²) in [5.74, 6) is 0.598. The third-order valence-corrected chi connectivity index (χ3v) is 2.98. The Morgan fingerprint density at radius 2 is 2.32 bits per heavy atom. The second kappa shape index (κ2) is 6.94. The van der Waals surface area contributed by atoms with Crippen LogP contribution in [0.25, 0.3) is 0 Å². The molecule has 2 rings (SSSR count). The molecule has 1 N–H and O–H groups in total. The van der Waals surface area contributed by atoms with Gasteiger partial charge in [0.1, 0.15) is 6.33 Å². The number of pyridine rings is 1. The Morgan fingerprint density at radius 3 is 3.00 bits per heavy atom. The highest BCUT2D eigenvalue weighted by molar-refractivity contribution is 7.71. The normalized spacial score (nSPS) is 10.4. The van der Waals surface area contributed by atoms with Crippen LogP contribution in [0.2, 0.25) is 0 Å². The lowest BCUT2D eigenvalue weighted by Gasteiger charge is -2.08. The third-order valence-electron chi connectivity index (χ3n) is 2.66. The summed E-state index contributed by atoms with van der Waals surface area (Å²) in [4.78, 5) is 12.6. The number of hydrogen-bond donors (Lipinski definition) is 1. The summed E-state index contributed by atoms with van der Waals surface area (Å²) in [6.45, 7) is 3.66. The maximum absolute atomic E-state index is 5.27. The van der Waals surface area contributed by atoms with E-state index in [4.69, 9.17) is 12.2 Å². The first-order chi connectivity index (χ1) is 9.29. The molecule has 0 aliphatic rings. The van der Waals surface area contributed by atoms with Gasteiger partial charge in [-0.1, -0.05) is 19.4 Å². The van der Waals surface area contributed by atoms with Crippen LogP contribution >= 0.6 is 12.2 Å². The first-order valence-electron chi connectivity index (χ1n) is 6.36. The molecule has 0 radical (unpaired) electrons. The molecule has 0 bridgehead atoms. The average Bonchev–Trinajstić information content (AvgIpc) is 2.43. The maximum Gasteiger partial charge on any atom is 0.226 e. The molecular formula is C13H17N5S. The Hall–Kier alpha value is -1.82. The predicted octanol–water partition coefficient (Wildman–Crippen LogP) is 2.66. The lowest BCUT2D eigenvalue weighted by atomic mass is 10.3. The molecule has 6 heteroatoms. The van der Waals surface area contributed by atoms with Crippen molar-refractivity contribution >= 4 is 18.2 Å². The molecule has 2 heterocycles. The van der Waals surface area contributed by atoms with Gasteiger partial charge in [0.15, 0.2) is 0 Å². The zero-order valence-corrected chi connectivity index (χ0v) is 11.7. The molecule has 19 heavy (non-hydrogen) atoms. The molecule has 0 aromatic carbocycles. The largest absolute Gasteiger partial charge is 0.354 e. The maximum atomic E-state index is 5.27. The van der Waals surface area contributed by atoms with E-state index in [-0.39, 0.29) is 0 Å². The van der Waals surface area contributed by atoms with E-state index in [1.165, 1.54) is 0 Å². The lowest BCUT2D eigenvalue weighted by molar-refractivity contribution is 0.719. The van der Waals surface area contributed by atoms with Crippen molar-refractivity contribution in [2.24, 2.45) is 0 Å². The molecule has 0 atom stereocenters. The zero-order valence-electron chi connectivity index (χ0n) is 10.9. The molecule has 0 amide bonds. The predicted molar refractivity (Wildman–Crippen MR) is 77.6 cm³/mol. The minimum absolute atomic E-state index is 0.526. The van der Waals surface area contributed by atoms with Crippen LogP contribution in [0.5, 0.6) is 0 Å². The van der Waals surface area contributed by atoms with Gasteiger partial charge in [0.05, 0.1) is 6.54 Å². The Kier molecular flexibility index (Phi) is 4.97. The monoisotopic (exact) mass is 275 g/mol. The highest BCUT2D eigenvalue weighted by atomic mass is 32.1. The van der Waals surface area contributed by atoms with E-state index in [9.17, 15) is 0 Å². The second-order valence-corrected chi connectivity index (χ2v) is 4.60. The first-order valence-corrected chi connectivity index (χ1v) is 6.76. The van der Waals surface area contributed by atoms with E-state index in [2.05, 4.69) is 27.2 Å². The van der Waals surface area contributed by atoms with E-state index in [0.717, 1.165) is 24.9 Å². The fraction of sp³-hybridized carbons (Fsp3) is 0.385. The van der Waals surface area contributed by atoms with Crippen molar-refractivity contribution in [2.75, 3.05) is 11.9 Å². The highest BCUT2D eigenvalue weighted by Crippen LogP contribution is 2.03. The molecule has 2 aromatic rings. The van der Waals surface area contributed by atoms with Crippen LogP contribution in [0.1, 0.15) is 25.3 Å². The van der Waals surface area contributed by atoms with Crippen molar-refractivity contribution in [1.82, 2.24) is 19.5 Å². The number of anilines is 1. The zero-order chi connectivity index (χ0) is 13.5. The average molecular weight is 275 g/mol. The smallest absolute Gasteiger partial charge is 0.226 e. The number of nitrogens with one attached hydrogen (secondary N) is 1. The quantitative estimate of drug-likeness (QED) is 0.649. The van der Waals surface area contributed by atoms with Crippen LogP contribution < -0.4 is 5.32 Å². The molecular weight excluding hydrogens is 258 g/mol. The van der Waals surface area contributed by atoms with Crippen LogP contribution in [-0.2, 0) is 6.54 Å². The summed E-state index contributed by atoms with van der Waals surface area (Å²) < 4.78 is 2.36. The minimum Gasteiger partial charge on any atom is -0.354 e. The van der Waals surface area contributed by atoms with E-state index < -0.39 is 0 Å². The topological polar surface area (TPSA) is 55.6 Å². The number of aromatic nitrogens is 4. The summed E-state index contributed by atoms with van der Waals surface area (Å²) >= 11 is 5.27. The molecule has 0 unspecified atom stereocenters. The number of hydrogen-bond acceptors (Lipinski definition) is 5. The van der Waals surface area contributed by atoms with Gasteiger partial charge >= 0.3 is 0 Å². The summed E-state index contributed by atoms with van der Waals surface area (Å²) in [7, 11) is 0. The molecule has 0 aliphatic carbocycles. The van der Waals surface area contributed by atoms with Crippen molar-refractivity contribution in [2.45, 2.75) is 26.3 Å². The molecule has 0 aliphatic heterocycles. The van der Waals surface area contributed by atoms with Crippen LogP contribution in [-0.4, -0.2) is 26.1 Å². The molecule has 2 aromatic heterocycles. The Labute approximate surface area is 117 Å². The van der Waals surface area contributed by atoms with E-state index >= 15 is 0 Å². The summed E-state index contributed by atoms with van der Waals surface area (Å²) in [5.41, 5.74) is 1.08. The van der Waals surface area contributed by atoms with E-state index in [1.54, 1.807) is 12.5 Å². The van der Waals surface area contributed by atoms with Crippen molar-refractivity contribution < 1.29 is 0 Å². The standard InChI is InChI=1S/C13H17N5S/c1-2-3-7-15-12-16-10-18(13(19)17-12)9-11-5-4-6-14-8-11/h4-6,8,10H,2-3,7,9H2,1H3,(H,15,17,19). The number of nitrogens with zero attached hydrogens (tertiary/aromatic N) is 4. The van der Waals surface area contributed by atoms with Crippen LogP contribution in [0.4, 0.5) is 5.95 Å². The van der Waals surface area contributed by atoms with Gasteiger partial charge in [0.25, 0.3) is 0 Å². The Bertz CT molecular complexity index is 567. The van der Waals surface area contributed by atoms with Crippen molar-refractivity contribution in [1.29, 1.82) is 0 Å². The van der Waals surface area contributed by atoms with Crippen molar-refractivity contribution in [3.05, 3.63) is 41.2 Å². The molecule has 5 nitrogen and oxygen atoms in total. The molecule has 0 saturated carbocycles. The van der Waals surface area contributed by atoms with Gasteiger partial charge in [-0.05, 0) is 30.3 Å². The van der Waals surface area contributed by atoms with Crippen molar-refractivity contribution in [3.8, 4) is 0 Å². The van der Waals surface area contributed by atoms with Crippen LogP contribution in [0, 0.1) is 4.77 Å². The minimum atomic E-state index is 0.526. The highest BCUT2D eigenvalue weighted by Gasteiger charge is 2.00. The molecule has 0 saturated heterocycles. The lowest BCUT2D eigenvalue weighted by Crippen LogP contribution is -2.10. The molecule has 0 fully saturated rings. The van der Waals surface area contributed by atoms with Gasteiger partial charge in [-0.25, -0.2) is 4.98 Å². The van der Waals surface area contributed by atoms with E-state index in [1.807, 2.05) is 22.9 Å². The van der Waals surface area contributed by atoms with E-state index in [0.29, 0.717) is 17.3 Å². The first kappa shape index (κ1) is 13.6. The fourth-order valence-corrected chi connectivity index (χ4v) is 1.81. The fourth-order valence-electron chi connectivity index (χ4n) is 1.62. The van der Waals surface area contributed by atoms with Gasteiger partial charge in [-0.2, -0.15) is 4.98 Å². The number of unbranched alkanes of at least 4 members (excludes halogenated alkanes) is 1. The third kappa shape index (κ3) is 4.10. The summed E-state index contributed by atoms with van der Waals surface area (Å²) in [6.07, 6.45) is 7.52. The summed E-state index contributed by atoms with van der Waals surface area (Å²) in [5, 5.41) is 3.16. The van der Waals surface area contributed by atoms with Gasteiger partial charge in [-0.3, -0.25) is 4.98 Å². The van der Waals surface area contributed by atoms with Crippen LogP contribution in [0.15, 0.2) is 30.9 Å². The number of rotatable bonds is 6. The van der Waals surface area contributed by atoms with Crippen molar-refractivity contribution in [3.63, 3.8) is 0 Å². The van der Waals surface area contributed by atoms with Gasteiger partial charge in [-0.15, -0.1) is 0 Å². The SMILES string of the molecule is CCCCNc1ncn(Cc2cccnc2)c(=S)n1. The molecule has 100 valence electrons. The molecule has 0 spiro atoms. The van der Waals surface area contributed by atoms with Gasteiger partial charge in [0.2, 0.25) is 10.7 Å². The Balaban J connectivity index is 2.05. The summed E-state index contributed by atoms with van der Waals surface area (Å²) in [6, 6.07) is 3.91. The van der Waals surface area contributed by atoms with Crippen LogP contribution in [0.3, 0.4) is 0 Å². The van der Waals surface area contributed by atoms with Gasteiger partial charge < -0.3 is 9.88 Å². The van der Waals surface area contributed by atoms with Gasteiger partial charge in [0, 0.05) is 18.9 Å². The second-order valence-electron chi connectivity index (χ2n) is 4.23. The Morgan fingerprint density at radius 1 is 1.42 bits per heavy atom.